The quantitative estimate of drug-likeness (QED) is 0.657. The molecule has 1 fully saturated rings. The first-order valence-electron chi connectivity index (χ1n) is 8.32. The van der Waals surface area contributed by atoms with Gasteiger partial charge in [-0.3, -0.25) is 4.90 Å². The molecule has 0 aromatic rings. The lowest BCUT2D eigenvalue weighted by atomic mass is 10.2. The summed E-state index contributed by atoms with van der Waals surface area (Å²) in [6, 6.07) is -0.0192. The summed E-state index contributed by atoms with van der Waals surface area (Å²) in [5.41, 5.74) is 0. The molecule has 0 radical (unpaired) electrons. The molecule has 23 heavy (non-hydrogen) atoms. The molecule has 0 spiro atoms. The zero-order chi connectivity index (χ0) is 17.1. The minimum Gasteiger partial charge on any atom is -0.372 e. The average molecular weight is 339 g/mol. The normalized spacial score (nSPS) is 16.6. The lowest BCUT2D eigenvalue weighted by molar-refractivity contribution is -0.174. The second-order valence-electron chi connectivity index (χ2n) is 5.79. The van der Waals surface area contributed by atoms with Crippen LogP contribution in [0.2, 0.25) is 0 Å². The van der Waals surface area contributed by atoms with Gasteiger partial charge in [-0.05, 0) is 12.8 Å². The third kappa shape index (κ3) is 9.65. The SMILES string of the molecule is CCCCCNC(=O)N1CCN(CCCOCC(F)(F)F)CC1. The number of carbonyl (C=O) groups excluding carboxylic acids is 1. The fourth-order valence-corrected chi connectivity index (χ4v) is 2.43. The lowest BCUT2D eigenvalue weighted by Gasteiger charge is -2.34. The van der Waals surface area contributed by atoms with E-state index in [4.69, 9.17) is 0 Å². The van der Waals surface area contributed by atoms with E-state index in [0.717, 1.165) is 32.4 Å². The molecule has 0 bridgehead atoms. The molecular formula is C15H28F3N3O2. The van der Waals surface area contributed by atoms with Crippen LogP contribution in [0.15, 0.2) is 0 Å². The summed E-state index contributed by atoms with van der Waals surface area (Å²) in [5, 5.41) is 2.92. The summed E-state index contributed by atoms with van der Waals surface area (Å²) < 4.78 is 40.3. The number of amides is 2. The van der Waals surface area contributed by atoms with Crippen LogP contribution in [-0.2, 0) is 4.74 Å². The number of nitrogens with one attached hydrogen (secondary N) is 1. The van der Waals surface area contributed by atoms with Crippen LogP contribution in [-0.4, -0.2) is 74.5 Å². The van der Waals surface area contributed by atoms with Crippen molar-refractivity contribution in [2.75, 3.05) is 52.5 Å². The van der Waals surface area contributed by atoms with Crippen molar-refractivity contribution in [3.63, 3.8) is 0 Å². The number of carbonyl (C=O) groups is 1. The summed E-state index contributed by atoms with van der Waals surface area (Å²) in [7, 11) is 0. The first-order valence-corrected chi connectivity index (χ1v) is 8.32. The van der Waals surface area contributed by atoms with Crippen LogP contribution < -0.4 is 5.32 Å². The van der Waals surface area contributed by atoms with Crippen LogP contribution in [0.5, 0.6) is 0 Å². The number of piperazine rings is 1. The second-order valence-corrected chi connectivity index (χ2v) is 5.79. The lowest BCUT2D eigenvalue weighted by Crippen LogP contribution is -2.52. The molecule has 1 aliphatic rings. The molecule has 1 rings (SSSR count). The van der Waals surface area contributed by atoms with Crippen molar-refractivity contribution in [3.8, 4) is 0 Å². The van der Waals surface area contributed by atoms with Crippen molar-refractivity contribution in [1.82, 2.24) is 15.1 Å². The van der Waals surface area contributed by atoms with E-state index in [1.54, 1.807) is 4.90 Å². The Morgan fingerprint density at radius 2 is 1.83 bits per heavy atom. The van der Waals surface area contributed by atoms with Crippen LogP contribution in [0.25, 0.3) is 0 Å². The van der Waals surface area contributed by atoms with E-state index in [0.29, 0.717) is 32.6 Å². The Balaban J connectivity index is 2.05. The molecule has 2 amide bonds. The van der Waals surface area contributed by atoms with Crippen molar-refractivity contribution in [1.29, 1.82) is 0 Å². The third-order valence-electron chi connectivity index (χ3n) is 3.74. The minimum absolute atomic E-state index is 0.0192. The molecule has 8 heteroatoms. The molecule has 0 atom stereocenters. The van der Waals surface area contributed by atoms with Gasteiger partial charge in [-0.2, -0.15) is 13.2 Å². The molecule has 1 heterocycles. The first-order chi connectivity index (χ1) is 10.9. The number of hydrogen-bond donors (Lipinski definition) is 1. The predicted molar refractivity (Wildman–Crippen MR) is 82.4 cm³/mol. The van der Waals surface area contributed by atoms with Gasteiger partial charge in [0.05, 0.1) is 0 Å². The highest BCUT2D eigenvalue weighted by Crippen LogP contribution is 2.14. The highest BCUT2D eigenvalue weighted by Gasteiger charge is 2.27. The zero-order valence-electron chi connectivity index (χ0n) is 13.8. The van der Waals surface area contributed by atoms with Crippen molar-refractivity contribution >= 4 is 6.03 Å². The van der Waals surface area contributed by atoms with E-state index < -0.39 is 12.8 Å². The van der Waals surface area contributed by atoms with Gasteiger partial charge in [0, 0.05) is 45.9 Å². The number of hydrogen-bond acceptors (Lipinski definition) is 3. The van der Waals surface area contributed by atoms with E-state index in [-0.39, 0.29) is 12.6 Å². The van der Waals surface area contributed by atoms with Gasteiger partial charge in [0.1, 0.15) is 6.61 Å². The van der Waals surface area contributed by atoms with Gasteiger partial charge in [0.15, 0.2) is 0 Å². The van der Waals surface area contributed by atoms with Crippen LogP contribution in [0.4, 0.5) is 18.0 Å². The fraction of sp³-hybridized carbons (Fsp3) is 0.933. The van der Waals surface area contributed by atoms with Gasteiger partial charge in [-0.1, -0.05) is 19.8 Å². The number of rotatable bonds is 9. The van der Waals surface area contributed by atoms with Gasteiger partial charge in [0.2, 0.25) is 0 Å². The number of urea groups is 1. The van der Waals surface area contributed by atoms with Crippen molar-refractivity contribution in [2.24, 2.45) is 0 Å². The smallest absolute Gasteiger partial charge is 0.372 e. The van der Waals surface area contributed by atoms with E-state index in [2.05, 4.69) is 21.9 Å². The Morgan fingerprint density at radius 3 is 2.43 bits per heavy atom. The van der Waals surface area contributed by atoms with Gasteiger partial charge in [-0.15, -0.1) is 0 Å². The Bertz CT molecular complexity index is 332. The molecule has 5 nitrogen and oxygen atoms in total. The predicted octanol–water partition coefficient (Wildman–Crippen LogP) is 2.47. The second kappa shape index (κ2) is 10.7. The van der Waals surface area contributed by atoms with Crippen LogP contribution in [0.3, 0.4) is 0 Å². The summed E-state index contributed by atoms with van der Waals surface area (Å²) >= 11 is 0. The van der Waals surface area contributed by atoms with E-state index >= 15 is 0 Å². The molecule has 0 aromatic carbocycles. The number of unbranched alkanes of at least 4 members (excludes halogenated alkanes) is 2. The molecule has 136 valence electrons. The molecular weight excluding hydrogens is 311 g/mol. The van der Waals surface area contributed by atoms with Gasteiger partial charge in [-0.25, -0.2) is 4.79 Å². The molecule has 1 aliphatic heterocycles. The maximum atomic E-state index is 11.9. The topological polar surface area (TPSA) is 44.8 Å². The van der Waals surface area contributed by atoms with Gasteiger partial charge >= 0.3 is 12.2 Å². The van der Waals surface area contributed by atoms with Gasteiger partial charge in [0.25, 0.3) is 0 Å². The summed E-state index contributed by atoms with van der Waals surface area (Å²) in [4.78, 5) is 15.9. The zero-order valence-corrected chi connectivity index (χ0v) is 13.8. The third-order valence-corrected chi connectivity index (χ3v) is 3.74. The number of nitrogens with zero attached hydrogens (tertiary/aromatic N) is 2. The maximum Gasteiger partial charge on any atom is 0.411 e. The standard InChI is InChI=1S/C15H28F3N3O2/c1-2-3-4-6-19-14(22)21-10-8-20(9-11-21)7-5-12-23-13-15(16,17)18/h2-13H2,1H3,(H,19,22). The highest BCUT2D eigenvalue weighted by atomic mass is 19.4. The molecule has 1 saturated heterocycles. The first kappa shape index (κ1) is 20.0. The Morgan fingerprint density at radius 1 is 1.13 bits per heavy atom. The number of ether oxygens (including phenoxy) is 1. The van der Waals surface area contributed by atoms with Crippen molar-refractivity contribution < 1.29 is 22.7 Å². The summed E-state index contributed by atoms with van der Waals surface area (Å²) in [6.45, 7) is 5.27. The minimum atomic E-state index is -4.25. The Hall–Kier alpha value is -1.02. The number of alkyl halides is 3. The average Bonchev–Trinajstić information content (AvgIpc) is 2.50. The van der Waals surface area contributed by atoms with Crippen LogP contribution in [0, 0.1) is 0 Å². The molecule has 1 N–H and O–H groups in total. The monoisotopic (exact) mass is 339 g/mol. The summed E-state index contributed by atoms with van der Waals surface area (Å²) in [6.07, 6.45) is -0.443. The number of halogens is 3. The van der Waals surface area contributed by atoms with E-state index in [1.165, 1.54) is 0 Å². The molecule has 0 aliphatic carbocycles. The summed E-state index contributed by atoms with van der Waals surface area (Å²) in [5.74, 6) is 0. The van der Waals surface area contributed by atoms with Crippen molar-refractivity contribution in [2.45, 2.75) is 38.8 Å². The van der Waals surface area contributed by atoms with Crippen LogP contribution >= 0.6 is 0 Å². The van der Waals surface area contributed by atoms with E-state index in [9.17, 15) is 18.0 Å². The molecule has 0 saturated carbocycles. The largest absolute Gasteiger partial charge is 0.411 e. The molecule has 0 unspecified atom stereocenters. The van der Waals surface area contributed by atoms with Gasteiger partial charge < -0.3 is 15.0 Å². The Labute approximate surface area is 136 Å². The van der Waals surface area contributed by atoms with Crippen molar-refractivity contribution in [3.05, 3.63) is 0 Å². The Kier molecular flexibility index (Phi) is 9.31. The van der Waals surface area contributed by atoms with E-state index in [1.807, 2.05) is 0 Å². The molecule has 0 aromatic heterocycles. The fourth-order valence-electron chi connectivity index (χ4n) is 2.43. The maximum absolute atomic E-state index is 11.9. The van der Waals surface area contributed by atoms with Crippen LogP contribution in [0.1, 0.15) is 32.6 Å². The highest BCUT2D eigenvalue weighted by molar-refractivity contribution is 5.74.